The number of hydrogen-bond donors (Lipinski definition) is 3. The molecule has 27 heavy (non-hydrogen) atoms. The molecule has 0 unspecified atom stereocenters. The van der Waals surface area contributed by atoms with Crippen LogP contribution in [-0.2, 0) is 0 Å². The molecule has 8 heteroatoms. The highest BCUT2D eigenvalue weighted by Crippen LogP contribution is 2.10. The molecule has 2 aromatic carbocycles. The average molecular weight is 429 g/mol. The maximum atomic E-state index is 12.3. The van der Waals surface area contributed by atoms with Crippen LogP contribution < -0.4 is 16.1 Å². The molecule has 7 nitrogen and oxygen atoms in total. The van der Waals surface area contributed by atoms with Crippen molar-refractivity contribution < 1.29 is 9.59 Å². The van der Waals surface area contributed by atoms with Gasteiger partial charge in [-0.2, -0.15) is 5.10 Å². The fourth-order valence-electron chi connectivity index (χ4n) is 2.51. The van der Waals surface area contributed by atoms with Crippen LogP contribution in [0.25, 0.3) is 10.9 Å². The summed E-state index contributed by atoms with van der Waals surface area (Å²) in [6, 6.07) is 13.9. The molecule has 0 saturated heterocycles. The molecule has 3 N–H and O–H groups in total. The molecule has 3 aromatic rings. The number of rotatable bonds is 6. The van der Waals surface area contributed by atoms with Crippen LogP contribution in [-0.4, -0.2) is 35.1 Å². The molecule has 0 saturated carbocycles. The first-order chi connectivity index (χ1) is 13.1. The Kier molecular flexibility index (Phi) is 5.97. The number of fused-ring (bicyclic) bond motifs is 1. The molecule has 0 aliphatic carbocycles. The monoisotopic (exact) mass is 428 g/mol. The van der Waals surface area contributed by atoms with Crippen LogP contribution in [0.1, 0.15) is 27.3 Å². The summed E-state index contributed by atoms with van der Waals surface area (Å²) in [5.74, 6) is -0.720. The van der Waals surface area contributed by atoms with E-state index < -0.39 is 11.3 Å². The number of halogens is 1. The van der Waals surface area contributed by atoms with Crippen LogP contribution in [0.15, 0.2) is 57.8 Å². The van der Waals surface area contributed by atoms with Crippen LogP contribution in [0.4, 0.5) is 0 Å². The van der Waals surface area contributed by atoms with Crippen molar-refractivity contribution in [2.45, 2.75) is 6.42 Å². The summed E-state index contributed by atoms with van der Waals surface area (Å²) in [4.78, 5) is 36.5. The molecule has 2 amide bonds. The van der Waals surface area contributed by atoms with E-state index in [9.17, 15) is 14.4 Å². The summed E-state index contributed by atoms with van der Waals surface area (Å²) in [5, 5.41) is 12.4. The van der Waals surface area contributed by atoms with E-state index in [0.717, 1.165) is 4.47 Å². The molecule has 0 bridgehead atoms. The van der Waals surface area contributed by atoms with E-state index in [-0.39, 0.29) is 11.6 Å². The maximum Gasteiger partial charge on any atom is 0.275 e. The van der Waals surface area contributed by atoms with Gasteiger partial charge in [0.15, 0.2) is 5.69 Å². The second-order valence-electron chi connectivity index (χ2n) is 5.82. The predicted octanol–water partition coefficient (Wildman–Crippen LogP) is 2.24. The molecular weight excluding hydrogens is 412 g/mol. The molecule has 138 valence electrons. The van der Waals surface area contributed by atoms with Gasteiger partial charge >= 0.3 is 0 Å². The van der Waals surface area contributed by atoms with Crippen molar-refractivity contribution >= 4 is 38.6 Å². The zero-order chi connectivity index (χ0) is 19.2. The van der Waals surface area contributed by atoms with Gasteiger partial charge in [-0.3, -0.25) is 19.5 Å². The van der Waals surface area contributed by atoms with Crippen molar-refractivity contribution in [1.82, 2.24) is 20.8 Å². The fourth-order valence-corrected chi connectivity index (χ4v) is 2.77. The third kappa shape index (κ3) is 4.59. The Morgan fingerprint density at radius 1 is 0.963 bits per heavy atom. The summed E-state index contributed by atoms with van der Waals surface area (Å²) in [5.41, 5.74) is 0.557. The Hall–Kier alpha value is -3.00. The van der Waals surface area contributed by atoms with Crippen molar-refractivity contribution in [3.63, 3.8) is 0 Å². The first-order valence-electron chi connectivity index (χ1n) is 8.35. The van der Waals surface area contributed by atoms with Crippen molar-refractivity contribution in [3.8, 4) is 0 Å². The minimum absolute atomic E-state index is 0.174. The van der Waals surface area contributed by atoms with Gasteiger partial charge < -0.3 is 10.6 Å². The summed E-state index contributed by atoms with van der Waals surface area (Å²) >= 11 is 3.32. The lowest BCUT2D eigenvalue weighted by Gasteiger charge is -2.07. The lowest BCUT2D eigenvalue weighted by atomic mass is 10.2. The minimum Gasteiger partial charge on any atom is -0.352 e. The molecule has 0 atom stereocenters. The molecule has 1 aromatic heterocycles. The van der Waals surface area contributed by atoms with Gasteiger partial charge in [0.2, 0.25) is 5.43 Å². The normalized spacial score (nSPS) is 10.6. The van der Waals surface area contributed by atoms with E-state index in [1.165, 1.54) is 0 Å². The van der Waals surface area contributed by atoms with E-state index in [2.05, 4.69) is 36.8 Å². The van der Waals surface area contributed by atoms with Crippen LogP contribution in [0.2, 0.25) is 0 Å². The van der Waals surface area contributed by atoms with Crippen molar-refractivity contribution in [3.05, 3.63) is 74.5 Å². The lowest BCUT2D eigenvalue weighted by molar-refractivity contribution is 0.0946. The number of hydrogen-bond acceptors (Lipinski definition) is 4. The Bertz CT molecular complexity index is 1030. The Labute approximate surface area is 163 Å². The van der Waals surface area contributed by atoms with Crippen LogP contribution >= 0.6 is 15.9 Å². The zero-order valence-electron chi connectivity index (χ0n) is 14.3. The molecule has 1 heterocycles. The summed E-state index contributed by atoms with van der Waals surface area (Å²) in [6.45, 7) is 0.712. The first-order valence-corrected chi connectivity index (χ1v) is 9.15. The van der Waals surface area contributed by atoms with E-state index >= 15 is 0 Å². The number of para-hydroxylation sites is 1. The van der Waals surface area contributed by atoms with Gasteiger partial charge in [0.1, 0.15) is 0 Å². The fraction of sp³-hybridized carbons (Fsp3) is 0.158. The number of amides is 2. The average Bonchev–Trinajstić information content (AvgIpc) is 2.68. The lowest BCUT2D eigenvalue weighted by Crippen LogP contribution is -2.33. The van der Waals surface area contributed by atoms with Crippen molar-refractivity contribution in [2.75, 3.05) is 13.1 Å². The molecule has 0 aliphatic rings. The number of aromatic amines is 1. The van der Waals surface area contributed by atoms with Gasteiger partial charge in [-0.25, -0.2) is 0 Å². The van der Waals surface area contributed by atoms with Crippen LogP contribution in [0.5, 0.6) is 0 Å². The second-order valence-corrected chi connectivity index (χ2v) is 6.73. The number of aromatic nitrogens is 2. The molecule has 3 rings (SSSR count). The Morgan fingerprint density at radius 3 is 2.37 bits per heavy atom. The number of benzene rings is 2. The topological polar surface area (TPSA) is 104 Å². The Morgan fingerprint density at radius 2 is 1.63 bits per heavy atom. The van der Waals surface area contributed by atoms with E-state index in [0.29, 0.717) is 36.0 Å². The molecule has 0 radical (unpaired) electrons. The summed E-state index contributed by atoms with van der Waals surface area (Å²) in [7, 11) is 0. The third-order valence-electron chi connectivity index (χ3n) is 3.92. The zero-order valence-corrected chi connectivity index (χ0v) is 15.9. The summed E-state index contributed by atoms with van der Waals surface area (Å²) < 4.78 is 0.902. The van der Waals surface area contributed by atoms with Gasteiger partial charge in [-0.15, -0.1) is 0 Å². The highest BCUT2D eigenvalue weighted by Gasteiger charge is 2.14. The number of nitrogens with one attached hydrogen (secondary N) is 3. The smallest absolute Gasteiger partial charge is 0.275 e. The number of nitrogens with zero attached hydrogens (tertiary/aromatic N) is 1. The van der Waals surface area contributed by atoms with E-state index in [4.69, 9.17) is 0 Å². The third-order valence-corrected chi connectivity index (χ3v) is 4.45. The number of carbonyl (C=O) groups is 2. The first kappa shape index (κ1) is 18.8. The minimum atomic E-state index is -0.541. The predicted molar refractivity (Wildman–Crippen MR) is 106 cm³/mol. The quantitative estimate of drug-likeness (QED) is 0.523. The SMILES string of the molecule is O=C(NCCCNC(=O)c1n[nH]c2ccccc2c1=O)c1ccc(Br)cc1. The highest BCUT2D eigenvalue weighted by molar-refractivity contribution is 9.10. The maximum absolute atomic E-state index is 12.3. The molecule has 0 spiro atoms. The Balaban J connectivity index is 1.49. The summed E-state index contributed by atoms with van der Waals surface area (Å²) in [6.07, 6.45) is 0.527. The largest absolute Gasteiger partial charge is 0.352 e. The van der Waals surface area contributed by atoms with E-state index in [1.54, 1.807) is 48.5 Å². The van der Waals surface area contributed by atoms with Gasteiger partial charge in [-0.05, 0) is 42.8 Å². The van der Waals surface area contributed by atoms with Gasteiger partial charge in [-0.1, -0.05) is 28.1 Å². The van der Waals surface area contributed by atoms with E-state index in [1.807, 2.05) is 0 Å². The van der Waals surface area contributed by atoms with Crippen LogP contribution in [0, 0.1) is 0 Å². The van der Waals surface area contributed by atoms with Gasteiger partial charge in [0.05, 0.1) is 5.52 Å². The standard InChI is InChI=1S/C19H17BrN4O3/c20-13-8-6-12(7-9-13)18(26)21-10-3-11-22-19(27)16-17(25)14-4-1-2-5-15(14)23-24-16/h1-2,4-9H,3,10-11H2,(H,21,26)(H,22,27)(H,23,25). The molecule has 0 aliphatic heterocycles. The van der Waals surface area contributed by atoms with Crippen molar-refractivity contribution in [1.29, 1.82) is 0 Å². The second kappa shape index (κ2) is 8.59. The number of H-pyrrole nitrogens is 1. The van der Waals surface area contributed by atoms with Crippen LogP contribution in [0.3, 0.4) is 0 Å². The highest BCUT2D eigenvalue weighted by atomic mass is 79.9. The van der Waals surface area contributed by atoms with Crippen molar-refractivity contribution in [2.24, 2.45) is 0 Å². The molecular formula is C19H17BrN4O3. The number of carbonyl (C=O) groups excluding carboxylic acids is 2. The van der Waals surface area contributed by atoms with Gasteiger partial charge in [0, 0.05) is 28.5 Å². The molecule has 0 fully saturated rings. The van der Waals surface area contributed by atoms with Gasteiger partial charge in [0.25, 0.3) is 11.8 Å².